The summed E-state index contributed by atoms with van der Waals surface area (Å²) in [5.41, 5.74) is 7.31. The average Bonchev–Trinajstić information content (AvgIpc) is 2.53. The molecular weight excluding hydrogens is 248 g/mol. The Balaban J connectivity index is 1.74. The van der Waals surface area contributed by atoms with Gasteiger partial charge in [-0.1, -0.05) is 49.6 Å². The molecule has 3 nitrogen and oxygen atoms in total. The molecule has 1 aliphatic carbocycles. The third-order valence-corrected chi connectivity index (χ3v) is 4.49. The molecule has 0 heterocycles. The lowest BCUT2D eigenvalue weighted by Gasteiger charge is -2.36. The van der Waals surface area contributed by atoms with Gasteiger partial charge in [-0.3, -0.25) is 4.79 Å². The number of rotatable bonds is 6. The Hall–Kier alpha value is -1.35. The van der Waals surface area contributed by atoms with E-state index in [9.17, 15) is 4.79 Å². The highest BCUT2D eigenvalue weighted by Gasteiger charge is 2.30. The van der Waals surface area contributed by atoms with Crippen LogP contribution in [0.4, 0.5) is 0 Å². The molecule has 0 radical (unpaired) electrons. The summed E-state index contributed by atoms with van der Waals surface area (Å²) in [6, 6.07) is 10.2. The van der Waals surface area contributed by atoms with Crippen LogP contribution < -0.4 is 11.1 Å². The Morgan fingerprint density at radius 1 is 1.15 bits per heavy atom. The van der Waals surface area contributed by atoms with E-state index >= 15 is 0 Å². The van der Waals surface area contributed by atoms with E-state index in [2.05, 4.69) is 17.4 Å². The fourth-order valence-electron chi connectivity index (χ4n) is 3.03. The number of carbonyl (C=O) groups excluding carboxylic acids is 1. The van der Waals surface area contributed by atoms with Crippen molar-refractivity contribution in [3.8, 4) is 0 Å². The van der Waals surface area contributed by atoms with Crippen molar-refractivity contribution in [3.05, 3.63) is 35.9 Å². The molecule has 3 N–H and O–H groups in total. The summed E-state index contributed by atoms with van der Waals surface area (Å²) >= 11 is 0. The average molecular weight is 274 g/mol. The van der Waals surface area contributed by atoms with Gasteiger partial charge in [0, 0.05) is 13.0 Å². The van der Waals surface area contributed by atoms with Crippen molar-refractivity contribution < 1.29 is 4.79 Å². The molecule has 20 heavy (non-hydrogen) atoms. The minimum atomic E-state index is 0.146. The second-order valence-corrected chi connectivity index (χ2v) is 6.03. The molecule has 1 amide bonds. The van der Waals surface area contributed by atoms with Gasteiger partial charge >= 0.3 is 0 Å². The van der Waals surface area contributed by atoms with Gasteiger partial charge in [0.2, 0.25) is 5.91 Å². The zero-order valence-corrected chi connectivity index (χ0v) is 12.2. The van der Waals surface area contributed by atoms with E-state index in [0.29, 0.717) is 13.0 Å². The maximum atomic E-state index is 12.0. The van der Waals surface area contributed by atoms with Crippen LogP contribution in [0.25, 0.3) is 0 Å². The fraction of sp³-hybridized carbons (Fsp3) is 0.588. The van der Waals surface area contributed by atoms with E-state index in [1.54, 1.807) is 0 Å². The van der Waals surface area contributed by atoms with Crippen molar-refractivity contribution in [2.45, 2.75) is 44.9 Å². The van der Waals surface area contributed by atoms with E-state index in [1.807, 2.05) is 18.2 Å². The predicted octanol–water partition coefficient (Wildman–Crippen LogP) is 2.64. The number of hydrogen-bond donors (Lipinski definition) is 2. The van der Waals surface area contributed by atoms with Gasteiger partial charge in [-0.15, -0.1) is 0 Å². The van der Waals surface area contributed by atoms with Gasteiger partial charge in [0.15, 0.2) is 0 Å². The summed E-state index contributed by atoms with van der Waals surface area (Å²) in [6.45, 7) is 1.43. The Labute approximate surface area is 121 Å². The highest BCUT2D eigenvalue weighted by molar-refractivity contribution is 5.76. The fourth-order valence-corrected chi connectivity index (χ4v) is 3.03. The Morgan fingerprint density at radius 2 is 1.85 bits per heavy atom. The minimum absolute atomic E-state index is 0.146. The molecule has 0 aromatic heterocycles. The summed E-state index contributed by atoms with van der Waals surface area (Å²) < 4.78 is 0. The number of nitrogens with one attached hydrogen (secondary N) is 1. The van der Waals surface area contributed by atoms with Crippen LogP contribution in [-0.4, -0.2) is 19.0 Å². The molecule has 1 fully saturated rings. The minimum Gasteiger partial charge on any atom is -0.355 e. The molecule has 0 atom stereocenters. The lowest BCUT2D eigenvalue weighted by atomic mass is 9.74. The molecule has 2 rings (SSSR count). The molecule has 3 heteroatoms. The van der Waals surface area contributed by atoms with E-state index in [-0.39, 0.29) is 11.3 Å². The van der Waals surface area contributed by atoms with Gasteiger partial charge in [-0.25, -0.2) is 0 Å². The standard InChI is InChI=1S/C17H26N2O/c18-13-17(11-5-2-6-12-17)14-19-16(20)10-9-15-7-3-1-4-8-15/h1,3-4,7-8H,2,5-6,9-14,18H2,(H,19,20). The summed E-state index contributed by atoms with van der Waals surface area (Å²) in [6.07, 6.45) is 7.48. The van der Waals surface area contributed by atoms with Crippen LogP contribution in [0.5, 0.6) is 0 Å². The molecule has 1 aromatic carbocycles. The van der Waals surface area contributed by atoms with Crippen molar-refractivity contribution in [2.75, 3.05) is 13.1 Å². The van der Waals surface area contributed by atoms with Crippen molar-refractivity contribution >= 4 is 5.91 Å². The molecule has 1 aliphatic rings. The molecule has 0 spiro atoms. The first-order valence-corrected chi connectivity index (χ1v) is 7.75. The first-order valence-electron chi connectivity index (χ1n) is 7.75. The number of aryl methyl sites for hydroxylation is 1. The maximum Gasteiger partial charge on any atom is 0.220 e. The second kappa shape index (κ2) is 7.44. The zero-order valence-electron chi connectivity index (χ0n) is 12.2. The Bertz CT molecular complexity index is 410. The van der Waals surface area contributed by atoms with E-state index in [0.717, 1.165) is 25.8 Å². The molecular formula is C17H26N2O. The zero-order chi connectivity index (χ0) is 14.3. The predicted molar refractivity (Wildman–Crippen MR) is 82.3 cm³/mol. The van der Waals surface area contributed by atoms with Gasteiger partial charge in [0.1, 0.15) is 0 Å². The van der Waals surface area contributed by atoms with Crippen molar-refractivity contribution in [1.29, 1.82) is 0 Å². The number of carbonyl (C=O) groups is 1. The molecule has 0 bridgehead atoms. The number of amides is 1. The first-order chi connectivity index (χ1) is 9.74. The van der Waals surface area contributed by atoms with Gasteiger partial charge in [-0.05, 0) is 36.8 Å². The van der Waals surface area contributed by atoms with E-state index in [4.69, 9.17) is 5.73 Å². The number of nitrogens with two attached hydrogens (primary N) is 1. The smallest absolute Gasteiger partial charge is 0.220 e. The Kier molecular flexibility index (Phi) is 5.60. The van der Waals surface area contributed by atoms with Gasteiger partial charge in [0.05, 0.1) is 0 Å². The lowest BCUT2D eigenvalue weighted by Crippen LogP contribution is -2.43. The highest BCUT2D eigenvalue weighted by atomic mass is 16.1. The quantitative estimate of drug-likeness (QED) is 0.838. The van der Waals surface area contributed by atoms with Crippen LogP contribution in [0.15, 0.2) is 30.3 Å². The molecule has 110 valence electrons. The topological polar surface area (TPSA) is 55.1 Å². The third-order valence-electron chi connectivity index (χ3n) is 4.49. The monoisotopic (exact) mass is 274 g/mol. The highest BCUT2D eigenvalue weighted by Crippen LogP contribution is 2.34. The van der Waals surface area contributed by atoms with Crippen molar-refractivity contribution in [1.82, 2.24) is 5.32 Å². The molecule has 0 unspecified atom stereocenters. The Morgan fingerprint density at radius 3 is 2.50 bits per heavy atom. The van der Waals surface area contributed by atoms with Crippen molar-refractivity contribution in [2.24, 2.45) is 11.1 Å². The number of benzene rings is 1. The summed E-state index contributed by atoms with van der Waals surface area (Å²) in [4.78, 5) is 12.0. The second-order valence-electron chi connectivity index (χ2n) is 6.03. The largest absolute Gasteiger partial charge is 0.355 e. The normalized spacial score (nSPS) is 17.6. The van der Waals surface area contributed by atoms with Crippen LogP contribution in [0.1, 0.15) is 44.1 Å². The van der Waals surface area contributed by atoms with E-state index < -0.39 is 0 Å². The third kappa shape index (κ3) is 4.34. The molecule has 1 aromatic rings. The van der Waals surface area contributed by atoms with Gasteiger partial charge in [0.25, 0.3) is 0 Å². The summed E-state index contributed by atoms with van der Waals surface area (Å²) in [7, 11) is 0. The SMILES string of the molecule is NCC1(CNC(=O)CCc2ccccc2)CCCCC1. The molecule has 0 aliphatic heterocycles. The molecule has 0 saturated heterocycles. The van der Waals surface area contributed by atoms with Crippen LogP contribution in [0.2, 0.25) is 0 Å². The van der Waals surface area contributed by atoms with Crippen LogP contribution in [0.3, 0.4) is 0 Å². The maximum absolute atomic E-state index is 12.0. The first kappa shape index (κ1) is 15.0. The lowest BCUT2D eigenvalue weighted by molar-refractivity contribution is -0.121. The summed E-state index contributed by atoms with van der Waals surface area (Å²) in [5.74, 6) is 0.146. The van der Waals surface area contributed by atoms with Gasteiger partial charge < -0.3 is 11.1 Å². The number of hydrogen-bond acceptors (Lipinski definition) is 2. The molecule has 1 saturated carbocycles. The van der Waals surface area contributed by atoms with Crippen LogP contribution in [-0.2, 0) is 11.2 Å². The van der Waals surface area contributed by atoms with Gasteiger partial charge in [-0.2, -0.15) is 0 Å². The van der Waals surface area contributed by atoms with Crippen LogP contribution in [0, 0.1) is 5.41 Å². The van der Waals surface area contributed by atoms with E-state index in [1.165, 1.54) is 24.8 Å². The summed E-state index contributed by atoms with van der Waals surface area (Å²) in [5, 5.41) is 3.10. The van der Waals surface area contributed by atoms with Crippen molar-refractivity contribution in [3.63, 3.8) is 0 Å². The van der Waals surface area contributed by atoms with Crippen LogP contribution >= 0.6 is 0 Å².